The molecule has 0 bridgehead atoms. The molecular formula is C19H21N5O3. The van der Waals surface area contributed by atoms with Gasteiger partial charge in [0.05, 0.1) is 18.3 Å². The van der Waals surface area contributed by atoms with E-state index in [1.165, 1.54) is 0 Å². The number of nitrogens with one attached hydrogen (secondary N) is 1. The summed E-state index contributed by atoms with van der Waals surface area (Å²) in [6.07, 6.45) is -0.0376. The van der Waals surface area contributed by atoms with Gasteiger partial charge in [0.2, 0.25) is 11.8 Å². The van der Waals surface area contributed by atoms with Crippen molar-refractivity contribution in [2.75, 3.05) is 5.73 Å². The lowest BCUT2D eigenvalue weighted by Gasteiger charge is -2.11. The average Bonchev–Trinajstić information content (AvgIpc) is 3.04. The molecule has 3 aromatic rings. The summed E-state index contributed by atoms with van der Waals surface area (Å²) in [5.41, 5.74) is 8.27. The quantitative estimate of drug-likeness (QED) is 0.688. The van der Waals surface area contributed by atoms with Crippen molar-refractivity contribution in [2.24, 2.45) is 0 Å². The Hall–Kier alpha value is -3.42. The van der Waals surface area contributed by atoms with E-state index >= 15 is 0 Å². The molecule has 0 saturated heterocycles. The zero-order valence-electron chi connectivity index (χ0n) is 15.4. The van der Waals surface area contributed by atoms with Crippen LogP contribution < -0.4 is 15.8 Å². The van der Waals surface area contributed by atoms with Crippen LogP contribution >= 0.6 is 0 Å². The summed E-state index contributed by atoms with van der Waals surface area (Å²) >= 11 is 0. The molecule has 1 aromatic carbocycles. The van der Waals surface area contributed by atoms with E-state index in [-0.39, 0.29) is 24.5 Å². The molecule has 2 heterocycles. The molecule has 3 N–H and O–H groups in total. The lowest BCUT2D eigenvalue weighted by atomic mass is 10.1. The van der Waals surface area contributed by atoms with E-state index in [0.717, 1.165) is 5.56 Å². The van der Waals surface area contributed by atoms with Crippen LogP contribution in [0.15, 0.2) is 40.9 Å². The fraction of sp³-hybridized carbons (Fsp3) is 0.263. The molecule has 0 spiro atoms. The molecule has 0 aliphatic heterocycles. The molecule has 0 aliphatic rings. The molecule has 0 saturated carbocycles. The molecular weight excluding hydrogens is 346 g/mol. The van der Waals surface area contributed by atoms with Crippen molar-refractivity contribution < 1.29 is 14.1 Å². The third kappa shape index (κ3) is 4.81. The van der Waals surface area contributed by atoms with Gasteiger partial charge in [0.25, 0.3) is 5.91 Å². The van der Waals surface area contributed by atoms with Crippen LogP contribution in [-0.2, 0) is 6.54 Å². The van der Waals surface area contributed by atoms with Crippen molar-refractivity contribution in [1.82, 2.24) is 20.4 Å². The Morgan fingerprint density at radius 2 is 2.07 bits per heavy atom. The monoisotopic (exact) mass is 367 g/mol. The first-order chi connectivity index (χ1) is 12.9. The number of rotatable bonds is 6. The molecule has 8 nitrogen and oxygen atoms in total. The predicted octanol–water partition coefficient (Wildman–Crippen LogP) is 2.74. The van der Waals surface area contributed by atoms with Gasteiger partial charge < -0.3 is 20.3 Å². The van der Waals surface area contributed by atoms with E-state index in [4.69, 9.17) is 15.0 Å². The number of nitrogens with zero attached hydrogens (tertiary/aromatic N) is 3. The largest absolute Gasteiger partial charge is 0.475 e. The van der Waals surface area contributed by atoms with Crippen molar-refractivity contribution in [2.45, 2.75) is 33.4 Å². The summed E-state index contributed by atoms with van der Waals surface area (Å²) in [6, 6.07) is 10.6. The standard InChI is InChI=1S/C19H21N5O3/c1-11(2)26-17-9-16(22-19(20)23-17)13-5-4-6-14(8-13)18(25)21-10-15-7-12(3)27-24-15/h4-9,11H,10H2,1-3H3,(H,21,25)(H2,20,22,23). The van der Waals surface area contributed by atoms with Crippen molar-refractivity contribution in [1.29, 1.82) is 0 Å². The first kappa shape index (κ1) is 18.4. The van der Waals surface area contributed by atoms with E-state index in [0.29, 0.717) is 28.6 Å². The number of carbonyl (C=O) groups excluding carboxylic acids is 1. The Bertz CT molecular complexity index is 952. The van der Waals surface area contributed by atoms with Crippen LogP contribution in [0.25, 0.3) is 11.3 Å². The number of aryl methyl sites for hydroxylation is 1. The Morgan fingerprint density at radius 3 is 2.78 bits per heavy atom. The Labute approximate surface area is 156 Å². The number of aromatic nitrogens is 3. The number of hydrogen-bond donors (Lipinski definition) is 2. The van der Waals surface area contributed by atoms with Gasteiger partial charge in [-0.05, 0) is 32.9 Å². The SMILES string of the molecule is Cc1cc(CNC(=O)c2cccc(-c3cc(OC(C)C)nc(N)n3)c2)no1. The van der Waals surface area contributed by atoms with Crippen LogP contribution in [0.4, 0.5) is 5.95 Å². The second kappa shape index (κ2) is 7.86. The molecule has 0 fully saturated rings. The predicted molar refractivity (Wildman–Crippen MR) is 100 cm³/mol. The lowest BCUT2D eigenvalue weighted by Crippen LogP contribution is -2.22. The first-order valence-electron chi connectivity index (χ1n) is 8.53. The van der Waals surface area contributed by atoms with Gasteiger partial charge in [-0.25, -0.2) is 4.98 Å². The van der Waals surface area contributed by atoms with E-state index < -0.39 is 0 Å². The maximum Gasteiger partial charge on any atom is 0.251 e. The zero-order valence-corrected chi connectivity index (χ0v) is 15.4. The van der Waals surface area contributed by atoms with Crippen LogP contribution in [0.5, 0.6) is 5.88 Å². The van der Waals surface area contributed by atoms with Gasteiger partial charge in [0, 0.05) is 23.3 Å². The van der Waals surface area contributed by atoms with E-state index in [1.807, 2.05) is 19.9 Å². The molecule has 0 radical (unpaired) electrons. The number of anilines is 1. The zero-order chi connectivity index (χ0) is 19.4. The number of nitrogen functional groups attached to an aromatic ring is 1. The number of benzene rings is 1. The van der Waals surface area contributed by atoms with Gasteiger partial charge in [0.1, 0.15) is 11.5 Å². The van der Waals surface area contributed by atoms with Gasteiger partial charge in [-0.1, -0.05) is 17.3 Å². The molecule has 8 heteroatoms. The van der Waals surface area contributed by atoms with Gasteiger partial charge in [0.15, 0.2) is 0 Å². The molecule has 1 amide bonds. The van der Waals surface area contributed by atoms with E-state index in [9.17, 15) is 4.79 Å². The third-order valence-electron chi connectivity index (χ3n) is 3.60. The smallest absolute Gasteiger partial charge is 0.251 e. The summed E-state index contributed by atoms with van der Waals surface area (Å²) in [5.74, 6) is 0.975. The highest BCUT2D eigenvalue weighted by Gasteiger charge is 2.11. The average molecular weight is 367 g/mol. The van der Waals surface area contributed by atoms with Gasteiger partial charge in [-0.2, -0.15) is 4.98 Å². The van der Waals surface area contributed by atoms with E-state index in [1.54, 1.807) is 37.3 Å². The van der Waals surface area contributed by atoms with Crippen LogP contribution in [-0.4, -0.2) is 27.1 Å². The molecule has 140 valence electrons. The number of carbonyl (C=O) groups is 1. The van der Waals surface area contributed by atoms with E-state index in [2.05, 4.69) is 20.4 Å². The van der Waals surface area contributed by atoms with Crippen LogP contribution in [0.3, 0.4) is 0 Å². The second-order valence-corrected chi connectivity index (χ2v) is 6.31. The highest BCUT2D eigenvalue weighted by atomic mass is 16.5. The topological polar surface area (TPSA) is 116 Å². The molecule has 0 atom stereocenters. The Morgan fingerprint density at radius 1 is 1.26 bits per heavy atom. The normalized spacial score (nSPS) is 10.8. The minimum absolute atomic E-state index is 0.0376. The molecule has 27 heavy (non-hydrogen) atoms. The molecule has 3 rings (SSSR count). The first-order valence-corrected chi connectivity index (χ1v) is 8.53. The summed E-state index contributed by atoms with van der Waals surface area (Å²) in [4.78, 5) is 20.7. The number of hydrogen-bond acceptors (Lipinski definition) is 7. The van der Waals surface area contributed by atoms with Gasteiger partial charge in [-0.3, -0.25) is 4.79 Å². The molecule has 2 aromatic heterocycles. The Kier molecular flexibility index (Phi) is 5.35. The van der Waals surface area contributed by atoms with Crippen LogP contribution in [0.2, 0.25) is 0 Å². The van der Waals surface area contributed by atoms with Crippen molar-refractivity contribution >= 4 is 11.9 Å². The third-order valence-corrected chi connectivity index (χ3v) is 3.60. The van der Waals surface area contributed by atoms with Gasteiger partial charge in [-0.15, -0.1) is 0 Å². The molecule has 0 unspecified atom stereocenters. The highest BCUT2D eigenvalue weighted by molar-refractivity contribution is 5.95. The Balaban J connectivity index is 1.78. The summed E-state index contributed by atoms with van der Waals surface area (Å²) in [7, 11) is 0. The van der Waals surface area contributed by atoms with Crippen LogP contribution in [0.1, 0.15) is 35.7 Å². The van der Waals surface area contributed by atoms with Crippen LogP contribution in [0, 0.1) is 6.92 Å². The number of nitrogens with two attached hydrogens (primary N) is 1. The maximum absolute atomic E-state index is 12.4. The number of amides is 1. The van der Waals surface area contributed by atoms with Crippen molar-refractivity contribution in [3.05, 3.63) is 53.4 Å². The molecule has 0 aliphatic carbocycles. The second-order valence-electron chi connectivity index (χ2n) is 6.31. The summed E-state index contributed by atoms with van der Waals surface area (Å²) in [6.45, 7) is 5.89. The minimum atomic E-state index is -0.224. The summed E-state index contributed by atoms with van der Waals surface area (Å²) < 4.78 is 10.6. The minimum Gasteiger partial charge on any atom is -0.475 e. The fourth-order valence-electron chi connectivity index (χ4n) is 2.49. The lowest BCUT2D eigenvalue weighted by molar-refractivity contribution is 0.0950. The maximum atomic E-state index is 12.4. The summed E-state index contributed by atoms with van der Waals surface area (Å²) in [5, 5.41) is 6.67. The van der Waals surface area contributed by atoms with Crippen molar-refractivity contribution in [3.63, 3.8) is 0 Å². The number of ether oxygens (including phenoxy) is 1. The fourth-order valence-corrected chi connectivity index (χ4v) is 2.49. The van der Waals surface area contributed by atoms with Gasteiger partial charge >= 0.3 is 0 Å². The van der Waals surface area contributed by atoms with Crippen molar-refractivity contribution in [3.8, 4) is 17.1 Å². The highest BCUT2D eigenvalue weighted by Crippen LogP contribution is 2.23.